The molecule has 1 nitrogen and oxygen atoms in total. The van der Waals surface area contributed by atoms with E-state index in [9.17, 15) is 5.11 Å². The second-order valence-corrected chi connectivity index (χ2v) is 7.11. The Hall–Kier alpha value is -1.90. The number of thiophene rings is 1. The normalized spacial score (nSPS) is 20.1. The van der Waals surface area contributed by atoms with Crippen LogP contribution in [0.3, 0.4) is 0 Å². The van der Waals surface area contributed by atoms with E-state index in [4.69, 9.17) is 0 Å². The highest BCUT2D eigenvalue weighted by Gasteiger charge is 2.34. The fourth-order valence-electron chi connectivity index (χ4n) is 3.33. The zero-order valence-corrected chi connectivity index (χ0v) is 13.3. The van der Waals surface area contributed by atoms with Crippen molar-refractivity contribution in [3.8, 4) is 21.6 Å². The lowest BCUT2D eigenvalue weighted by Crippen LogP contribution is -2.03. The van der Waals surface area contributed by atoms with Crippen molar-refractivity contribution in [2.45, 2.75) is 19.4 Å². The van der Waals surface area contributed by atoms with Crippen LogP contribution in [0, 0.1) is 5.92 Å². The first-order chi connectivity index (χ1) is 10.8. The summed E-state index contributed by atoms with van der Waals surface area (Å²) in [5, 5.41) is 10.7. The van der Waals surface area contributed by atoms with Crippen LogP contribution in [0.1, 0.15) is 23.5 Å². The molecule has 3 aromatic rings. The van der Waals surface area contributed by atoms with Gasteiger partial charge in [-0.05, 0) is 23.5 Å². The van der Waals surface area contributed by atoms with Gasteiger partial charge >= 0.3 is 0 Å². The minimum atomic E-state index is -0.348. The minimum absolute atomic E-state index is 0.313. The summed E-state index contributed by atoms with van der Waals surface area (Å²) in [6.07, 6.45) is 0.632. The van der Waals surface area contributed by atoms with Crippen molar-refractivity contribution < 1.29 is 5.11 Å². The average molecular weight is 306 g/mol. The van der Waals surface area contributed by atoms with Crippen molar-refractivity contribution >= 4 is 11.3 Å². The molecule has 1 aliphatic rings. The Bertz CT molecular complexity index is 789. The highest BCUT2D eigenvalue weighted by atomic mass is 32.1. The molecule has 0 fully saturated rings. The molecule has 1 aromatic heterocycles. The number of rotatable bonds is 2. The molecule has 0 aliphatic heterocycles. The second-order valence-electron chi connectivity index (χ2n) is 6.00. The van der Waals surface area contributed by atoms with Crippen LogP contribution in [0.4, 0.5) is 0 Å². The molecule has 22 heavy (non-hydrogen) atoms. The molecule has 0 radical (unpaired) electrons. The third kappa shape index (κ3) is 2.11. The summed E-state index contributed by atoms with van der Waals surface area (Å²) in [4.78, 5) is 2.63. The lowest BCUT2D eigenvalue weighted by Gasteiger charge is -2.14. The van der Waals surface area contributed by atoms with E-state index in [-0.39, 0.29) is 6.10 Å². The van der Waals surface area contributed by atoms with Crippen molar-refractivity contribution in [3.05, 3.63) is 71.1 Å². The first-order valence-corrected chi connectivity index (χ1v) is 8.52. The molecule has 2 aromatic carbocycles. The van der Waals surface area contributed by atoms with E-state index in [0.29, 0.717) is 5.92 Å². The van der Waals surface area contributed by atoms with Gasteiger partial charge in [0.25, 0.3) is 0 Å². The number of fused-ring (bicyclic) bond motifs is 1. The molecule has 0 amide bonds. The van der Waals surface area contributed by atoms with Gasteiger partial charge in [-0.1, -0.05) is 67.6 Å². The van der Waals surface area contributed by atoms with E-state index in [0.717, 1.165) is 12.0 Å². The second kappa shape index (κ2) is 5.38. The maximum absolute atomic E-state index is 10.7. The molecular weight excluding hydrogens is 288 g/mol. The number of aliphatic hydroxyl groups is 1. The largest absolute Gasteiger partial charge is 0.388 e. The Kier molecular flexibility index (Phi) is 3.36. The van der Waals surface area contributed by atoms with Crippen LogP contribution < -0.4 is 0 Å². The van der Waals surface area contributed by atoms with Gasteiger partial charge in [-0.2, -0.15) is 0 Å². The molecule has 110 valence electrons. The van der Waals surface area contributed by atoms with Gasteiger partial charge < -0.3 is 5.11 Å². The number of aliphatic hydroxyl groups excluding tert-OH is 1. The Labute approximate surface area is 134 Å². The maximum Gasteiger partial charge on any atom is 0.0836 e. The molecule has 2 unspecified atom stereocenters. The first kappa shape index (κ1) is 13.7. The molecule has 1 heterocycles. The van der Waals surface area contributed by atoms with Crippen LogP contribution in [0.15, 0.2) is 60.7 Å². The molecule has 2 heteroatoms. The zero-order valence-electron chi connectivity index (χ0n) is 12.5. The molecule has 0 saturated heterocycles. The molecule has 0 bridgehead atoms. The molecule has 4 rings (SSSR count). The van der Waals surface area contributed by atoms with Gasteiger partial charge in [0.15, 0.2) is 0 Å². The Balaban J connectivity index is 1.98. The summed E-state index contributed by atoms with van der Waals surface area (Å²) in [5.41, 5.74) is 4.82. The standard InChI is InChI=1S/C20H18OS/c1-13-12-16-18(19(13)21)17(14-8-4-2-5-9-14)20(22-16)15-10-6-3-7-11-15/h2-11,13,19,21H,12H2,1H3. The summed E-state index contributed by atoms with van der Waals surface area (Å²) < 4.78 is 0. The van der Waals surface area contributed by atoms with Crippen molar-refractivity contribution in [1.29, 1.82) is 0 Å². The summed E-state index contributed by atoms with van der Waals surface area (Å²) in [6, 6.07) is 21.0. The first-order valence-electron chi connectivity index (χ1n) is 7.70. The van der Waals surface area contributed by atoms with Crippen molar-refractivity contribution in [3.63, 3.8) is 0 Å². The average Bonchev–Trinajstić information content (AvgIpc) is 3.06. The SMILES string of the molecule is CC1Cc2sc(-c3ccccc3)c(-c3ccccc3)c2C1O. The highest BCUT2D eigenvalue weighted by Crippen LogP contribution is 2.51. The van der Waals surface area contributed by atoms with E-state index < -0.39 is 0 Å². The summed E-state index contributed by atoms with van der Waals surface area (Å²) in [7, 11) is 0. The monoisotopic (exact) mass is 306 g/mol. The van der Waals surface area contributed by atoms with Crippen molar-refractivity contribution in [2.24, 2.45) is 5.92 Å². The van der Waals surface area contributed by atoms with Gasteiger partial charge in [-0.15, -0.1) is 11.3 Å². The minimum Gasteiger partial charge on any atom is -0.388 e. The van der Waals surface area contributed by atoms with Gasteiger partial charge in [0.05, 0.1) is 6.10 Å². The van der Waals surface area contributed by atoms with Crippen LogP contribution in [0.25, 0.3) is 21.6 Å². The third-order valence-electron chi connectivity index (χ3n) is 4.46. The van der Waals surface area contributed by atoms with Crippen molar-refractivity contribution in [1.82, 2.24) is 0 Å². The van der Waals surface area contributed by atoms with Crippen LogP contribution >= 0.6 is 11.3 Å². The molecule has 0 saturated carbocycles. The number of hydrogen-bond acceptors (Lipinski definition) is 2. The summed E-state index contributed by atoms with van der Waals surface area (Å²) in [5.74, 6) is 0.313. The van der Waals surface area contributed by atoms with Crippen LogP contribution in [0.5, 0.6) is 0 Å². The third-order valence-corrected chi connectivity index (χ3v) is 5.74. The number of benzene rings is 2. The topological polar surface area (TPSA) is 20.2 Å². The lowest BCUT2D eigenvalue weighted by molar-refractivity contribution is 0.133. The molecule has 1 aliphatic carbocycles. The Morgan fingerprint density at radius 3 is 2.14 bits per heavy atom. The van der Waals surface area contributed by atoms with Gasteiger partial charge in [-0.3, -0.25) is 0 Å². The number of hydrogen-bond donors (Lipinski definition) is 1. The van der Waals surface area contributed by atoms with Crippen molar-refractivity contribution in [2.75, 3.05) is 0 Å². The van der Waals surface area contributed by atoms with E-state index in [2.05, 4.69) is 55.5 Å². The van der Waals surface area contributed by atoms with Gasteiger partial charge in [0, 0.05) is 20.9 Å². The van der Waals surface area contributed by atoms with Gasteiger partial charge in [0.2, 0.25) is 0 Å². The van der Waals surface area contributed by atoms with Gasteiger partial charge in [0.1, 0.15) is 0 Å². The van der Waals surface area contributed by atoms with E-state index in [1.807, 2.05) is 23.5 Å². The molecular formula is C20H18OS. The van der Waals surface area contributed by atoms with Crippen LogP contribution in [-0.2, 0) is 6.42 Å². The fourth-order valence-corrected chi connectivity index (χ4v) is 4.84. The quantitative estimate of drug-likeness (QED) is 0.680. The predicted octanol–water partition coefficient (Wildman–Crippen LogP) is 5.31. The zero-order chi connectivity index (χ0) is 15.1. The van der Waals surface area contributed by atoms with Gasteiger partial charge in [-0.25, -0.2) is 0 Å². The lowest BCUT2D eigenvalue weighted by atomic mass is 9.95. The molecule has 0 spiro atoms. The summed E-state index contributed by atoms with van der Waals surface area (Å²) in [6.45, 7) is 2.13. The highest BCUT2D eigenvalue weighted by molar-refractivity contribution is 7.16. The molecule has 2 atom stereocenters. The maximum atomic E-state index is 10.7. The predicted molar refractivity (Wildman–Crippen MR) is 93.0 cm³/mol. The fraction of sp³-hybridized carbons (Fsp3) is 0.200. The smallest absolute Gasteiger partial charge is 0.0836 e. The Morgan fingerprint density at radius 1 is 0.909 bits per heavy atom. The van der Waals surface area contributed by atoms with E-state index in [1.54, 1.807) is 0 Å². The van der Waals surface area contributed by atoms with Crippen LogP contribution in [-0.4, -0.2) is 5.11 Å². The summed E-state index contributed by atoms with van der Waals surface area (Å²) >= 11 is 1.84. The molecule has 1 N–H and O–H groups in total. The van der Waals surface area contributed by atoms with Crippen LogP contribution in [0.2, 0.25) is 0 Å². The van der Waals surface area contributed by atoms with E-state index >= 15 is 0 Å². The Morgan fingerprint density at radius 2 is 1.50 bits per heavy atom. The van der Waals surface area contributed by atoms with E-state index in [1.165, 1.54) is 26.4 Å².